The Morgan fingerprint density at radius 2 is 2.11 bits per heavy atom. The monoisotopic (exact) mass is 378 g/mol. The third kappa shape index (κ3) is 5.05. The molecule has 5 heteroatoms. The minimum atomic E-state index is -0.346. The van der Waals surface area contributed by atoms with E-state index in [-0.39, 0.29) is 5.82 Å². The van der Waals surface area contributed by atoms with Crippen LogP contribution in [0.15, 0.2) is 42.5 Å². The van der Waals surface area contributed by atoms with E-state index in [9.17, 15) is 4.39 Å². The summed E-state index contributed by atoms with van der Waals surface area (Å²) >= 11 is 10.1. The van der Waals surface area contributed by atoms with Gasteiger partial charge in [-0.05, 0) is 12.1 Å². The molecule has 0 aliphatic carbocycles. The zero-order valence-corrected chi connectivity index (χ0v) is 14.8. The van der Waals surface area contributed by atoms with Crippen LogP contribution in [0.4, 0.5) is 4.39 Å². The first-order valence-corrected chi connectivity index (χ1v) is 12.4. The molecule has 0 spiro atoms. The topological polar surface area (TPSA) is 9.23 Å². The zero-order valence-electron chi connectivity index (χ0n) is 9.50. The second kappa shape index (κ2) is 8.63. The minimum absolute atomic E-state index is 0.316. The van der Waals surface area contributed by atoms with Crippen LogP contribution >= 0.6 is 25.2 Å². The van der Waals surface area contributed by atoms with Crippen LogP contribution in [0.2, 0.25) is 5.02 Å². The maximum atomic E-state index is 12.8. The third-order valence-corrected chi connectivity index (χ3v) is 2.44. The maximum absolute atomic E-state index is 12.8. The summed E-state index contributed by atoms with van der Waals surface area (Å²) < 4.78 is 18.3. The van der Waals surface area contributed by atoms with E-state index in [4.69, 9.17) is 16.3 Å². The van der Waals surface area contributed by atoms with Crippen molar-refractivity contribution in [1.29, 1.82) is 0 Å². The third-order valence-electron chi connectivity index (χ3n) is 2.09. The number of rotatable bonds is 3. The van der Waals surface area contributed by atoms with Gasteiger partial charge in [0.2, 0.25) is 0 Å². The molecule has 0 N–H and O–H groups in total. The van der Waals surface area contributed by atoms with Gasteiger partial charge in [0.05, 0.1) is 11.6 Å². The molecule has 0 amide bonds. The Hall–Kier alpha value is -0.437. The first kappa shape index (κ1) is 15.6. The molecule has 0 aliphatic heterocycles. The van der Waals surface area contributed by atoms with Crippen molar-refractivity contribution in [2.24, 2.45) is 0 Å². The Morgan fingerprint density at radius 3 is 2.72 bits per heavy atom. The van der Waals surface area contributed by atoms with Gasteiger partial charge in [-0.25, -0.2) is 4.39 Å². The first-order valence-electron chi connectivity index (χ1n) is 5.05. The van der Waals surface area contributed by atoms with Crippen LogP contribution in [-0.2, 0) is 22.9 Å². The van der Waals surface area contributed by atoms with Crippen molar-refractivity contribution >= 4 is 25.2 Å². The molecule has 2 aromatic rings. The van der Waals surface area contributed by atoms with Gasteiger partial charge < -0.3 is 4.74 Å². The molecule has 0 bridgehead atoms. The molecule has 2 aromatic carbocycles. The summed E-state index contributed by atoms with van der Waals surface area (Å²) in [6.45, 7) is 0.316. The van der Waals surface area contributed by atoms with Gasteiger partial charge >= 0.3 is 30.0 Å². The van der Waals surface area contributed by atoms with Crippen molar-refractivity contribution in [2.45, 2.75) is 6.61 Å². The number of benzene rings is 2. The molecule has 90 valence electrons. The molecule has 0 atom stereocenters. The summed E-state index contributed by atoms with van der Waals surface area (Å²) in [6, 6.07) is 14.3. The molecule has 0 unspecified atom stereocenters. The van der Waals surface area contributed by atoms with E-state index in [1.807, 2.05) is 12.1 Å². The number of hydrogen-bond donors (Lipinski definition) is 0. The number of ether oxygens (including phenoxy) is 1. The van der Waals surface area contributed by atoms with Gasteiger partial charge in [-0.15, -0.1) is 12.1 Å². The van der Waals surface area contributed by atoms with Crippen molar-refractivity contribution in [2.75, 3.05) is 0 Å². The van der Waals surface area contributed by atoms with Crippen molar-refractivity contribution in [3.63, 3.8) is 0 Å². The molecule has 0 saturated carbocycles. The Labute approximate surface area is 127 Å². The summed E-state index contributed by atoms with van der Waals surface area (Å²) in [5.41, 5.74) is 0.756. The fourth-order valence-electron chi connectivity index (χ4n) is 1.27. The van der Waals surface area contributed by atoms with E-state index in [0.717, 1.165) is 5.56 Å². The Balaban J connectivity index is 0.000000771. The van der Waals surface area contributed by atoms with Crippen molar-refractivity contribution in [3.05, 3.63) is 64.9 Å². The van der Waals surface area contributed by atoms with Crippen molar-refractivity contribution in [1.82, 2.24) is 0 Å². The van der Waals surface area contributed by atoms with Crippen molar-refractivity contribution < 1.29 is 25.5 Å². The molecule has 0 aromatic heterocycles. The van der Waals surface area contributed by atoms with Crippen LogP contribution in [-0.4, -0.2) is 0 Å². The average Bonchev–Trinajstić information content (AvgIpc) is 2.41. The fourth-order valence-corrected chi connectivity index (χ4v) is 1.49. The fraction of sp³-hybridized carbons (Fsp3) is 0.0769. The SMILES string of the molecule is Fc1ccc(COc2c[c-]ccc2)c(Cl)c1.[Zn+][Br]. The average molecular weight is 381 g/mol. The predicted octanol–water partition coefficient (Wildman–Crippen LogP) is 4.70. The standard InChI is InChI=1S/C13H9ClFO.BrH.Zn/c14-13-8-11(15)7-6-10(13)9-16-12-4-2-1-3-5-12;;/h1-2,4-8H,9H2;1H;/q-1;;+2/p-1. The molecular formula is C13H9BrClFOZn. The normalized spacial score (nSPS) is 9.39. The molecule has 18 heavy (non-hydrogen) atoms. The van der Waals surface area contributed by atoms with Crippen LogP contribution in [0.5, 0.6) is 5.75 Å². The Morgan fingerprint density at radius 1 is 1.33 bits per heavy atom. The second-order valence-corrected chi connectivity index (χ2v) is 3.67. The summed E-state index contributed by atoms with van der Waals surface area (Å²) in [5.74, 6) is 0.365. The number of hydrogen-bond acceptors (Lipinski definition) is 1. The van der Waals surface area contributed by atoms with Crippen LogP contribution in [0.1, 0.15) is 5.56 Å². The summed E-state index contributed by atoms with van der Waals surface area (Å²) in [4.78, 5) is 0. The van der Waals surface area contributed by atoms with Gasteiger partial charge in [0.25, 0.3) is 0 Å². The van der Waals surface area contributed by atoms with Gasteiger partial charge in [0.1, 0.15) is 5.82 Å². The Bertz CT molecular complexity index is 482. The van der Waals surface area contributed by atoms with E-state index < -0.39 is 0 Å². The molecular weight excluding hydrogens is 372 g/mol. The van der Waals surface area contributed by atoms with Gasteiger partial charge in [-0.1, -0.05) is 17.7 Å². The van der Waals surface area contributed by atoms with E-state index in [2.05, 4.69) is 19.7 Å². The quantitative estimate of drug-likeness (QED) is 0.554. The van der Waals surface area contributed by atoms with E-state index in [1.165, 1.54) is 28.5 Å². The predicted molar refractivity (Wildman–Crippen MR) is 69.9 cm³/mol. The molecule has 0 heterocycles. The van der Waals surface area contributed by atoms with Gasteiger partial charge in [0, 0.05) is 11.3 Å². The van der Waals surface area contributed by atoms with Gasteiger partial charge in [0.15, 0.2) is 0 Å². The molecule has 2 rings (SSSR count). The van der Waals surface area contributed by atoms with E-state index >= 15 is 0 Å². The van der Waals surface area contributed by atoms with Crippen LogP contribution in [0.3, 0.4) is 0 Å². The molecule has 0 aliphatic rings. The van der Waals surface area contributed by atoms with E-state index in [0.29, 0.717) is 17.4 Å². The molecule has 1 nitrogen and oxygen atoms in total. The van der Waals surface area contributed by atoms with Gasteiger partial charge in [-0.3, -0.25) is 0 Å². The van der Waals surface area contributed by atoms with Crippen LogP contribution < -0.4 is 4.74 Å². The molecule has 0 saturated heterocycles. The number of halogens is 3. The van der Waals surface area contributed by atoms with E-state index in [1.54, 1.807) is 18.2 Å². The molecule has 0 radical (unpaired) electrons. The van der Waals surface area contributed by atoms with Crippen LogP contribution in [0.25, 0.3) is 0 Å². The Kier molecular flexibility index (Phi) is 7.49. The zero-order chi connectivity index (χ0) is 13.4. The van der Waals surface area contributed by atoms with Crippen LogP contribution in [0, 0.1) is 11.9 Å². The first-order chi connectivity index (χ1) is 8.75. The summed E-state index contributed by atoms with van der Waals surface area (Å²) in [6.07, 6.45) is 0. The van der Waals surface area contributed by atoms with Gasteiger partial charge in [-0.2, -0.15) is 18.2 Å². The summed E-state index contributed by atoms with van der Waals surface area (Å²) in [7, 11) is 0. The van der Waals surface area contributed by atoms with Crippen molar-refractivity contribution in [3.8, 4) is 5.75 Å². The molecule has 0 fully saturated rings. The summed E-state index contributed by atoms with van der Waals surface area (Å²) in [5, 5.41) is 0.375. The second-order valence-electron chi connectivity index (χ2n) is 3.26.